The van der Waals surface area contributed by atoms with Gasteiger partial charge in [-0.05, 0) is 57.7 Å². The molecule has 3 rings (SSSR count). The highest BCUT2D eigenvalue weighted by Gasteiger charge is 2.45. The second-order valence-electron chi connectivity index (χ2n) is 7.21. The number of benzene rings is 2. The SMILES string of the molecule is Cc1cc(C)cc(CCC2(C)C(=O)N(C)c3ccc(C)cc32)c1. The average Bonchev–Trinajstić information content (AvgIpc) is 2.67. The summed E-state index contributed by atoms with van der Waals surface area (Å²) in [6.07, 6.45) is 1.77. The van der Waals surface area contributed by atoms with Crippen LogP contribution in [0.3, 0.4) is 0 Å². The number of carbonyl (C=O) groups is 1. The maximum Gasteiger partial charge on any atom is 0.237 e. The van der Waals surface area contributed by atoms with Gasteiger partial charge in [0.25, 0.3) is 0 Å². The van der Waals surface area contributed by atoms with Crippen LogP contribution in [0.5, 0.6) is 0 Å². The Bertz CT molecular complexity index is 757. The maximum absolute atomic E-state index is 12.9. The Labute approximate surface area is 139 Å². The Morgan fingerprint density at radius 1 is 0.957 bits per heavy atom. The van der Waals surface area contributed by atoms with Crippen molar-refractivity contribution >= 4 is 11.6 Å². The first-order chi connectivity index (χ1) is 10.8. The van der Waals surface area contributed by atoms with Crippen LogP contribution in [-0.2, 0) is 16.6 Å². The molecule has 2 aromatic carbocycles. The molecule has 0 saturated heterocycles. The standard InChI is InChI=1S/C21H25NO/c1-14-6-7-19-18(13-14)21(4,20(23)22(19)5)9-8-17-11-15(2)10-16(3)12-17/h6-7,10-13H,8-9H2,1-5H3. The van der Waals surface area contributed by atoms with E-state index < -0.39 is 5.41 Å². The third-order valence-corrected chi connectivity index (χ3v) is 5.08. The first kappa shape index (κ1) is 15.8. The number of likely N-dealkylation sites (N-methyl/N-ethyl adjacent to an activating group) is 1. The third kappa shape index (κ3) is 2.67. The molecule has 1 unspecified atom stereocenters. The molecule has 120 valence electrons. The van der Waals surface area contributed by atoms with Gasteiger partial charge < -0.3 is 4.90 Å². The Morgan fingerprint density at radius 3 is 2.26 bits per heavy atom. The van der Waals surface area contributed by atoms with E-state index in [2.05, 4.69) is 64.1 Å². The fraction of sp³-hybridized carbons (Fsp3) is 0.381. The molecule has 1 amide bonds. The van der Waals surface area contributed by atoms with E-state index in [9.17, 15) is 4.79 Å². The number of anilines is 1. The molecule has 0 bridgehead atoms. The van der Waals surface area contributed by atoms with Gasteiger partial charge in [-0.3, -0.25) is 4.79 Å². The smallest absolute Gasteiger partial charge is 0.237 e. The predicted molar refractivity (Wildman–Crippen MR) is 96.2 cm³/mol. The molecule has 1 heterocycles. The van der Waals surface area contributed by atoms with Gasteiger partial charge >= 0.3 is 0 Å². The lowest BCUT2D eigenvalue weighted by molar-refractivity contribution is -0.122. The van der Waals surface area contributed by atoms with Crippen LogP contribution in [0.1, 0.15) is 41.2 Å². The van der Waals surface area contributed by atoms with Crippen molar-refractivity contribution in [2.75, 3.05) is 11.9 Å². The highest BCUT2D eigenvalue weighted by Crippen LogP contribution is 2.44. The number of nitrogens with zero attached hydrogens (tertiary/aromatic N) is 1. The van der Waals surface area contributed by atoms with E-state index in [0.717, 1.165) is 18.5 Å². The summed E-state index contributed by atoms with van der Waals surface area (Å²) in [4.78, 5) is 14.7. The van der Waals surface area contributed by atoms with E-state index in [0.29, 0.717) is 0 Å². The Morgan fingerprint density at radius 2 is 1.61 bits per heavy atom. The van der Waals surface area contributed by atoms with Gasteiger partial charge in [0, 0.05) is 12.7 Å². The summed E-state index contributed by atoms with van der Waals surface area (Å²) >= 11 is 0. The Balaban J connectivity index is 1.93. The van der Waals surface area contributed by atoms with Crippen LogP contribution in [0.15, 0.2) is 36.4 Å². The van der Waals surface area contributed by atoms with Crippen molar-refractivity contribution in [2.24, 2.45) is 0 Å². The molecule has 0 aliphatic carbocycles. The molecule has 2 heteroatoms. The molecular formula is C21H25NO. The van der Waals surface area contributed by atoms with Gasteiger partial charge in [-0.15, -0.1) is 0 Å². The van der Waals surface area contributed by atoms with Crippen molar-refractivity contribution in [3.8, 4) is 0 Å². The van der Waals surface area contributed by atoms with Crippen LogP contribution in [0.25, 0.3) is 0 Å². The lowest BCUT2D eigenvalue weighted by Crippen LogP contribution is -2.36. The van der Waals surface area contributed by atoms with Crippen molar-refractivity contribution in [3.63, 3.8) is 0 Å². The quantitative estimate of drug-likeness (QED) is 0.819. The van der Waals surface area contributed by atoms with Gasteiger partial charge in [-0.2, -0.15) is 0 Å². The van der Waals surface area contributed by atoms with Crippen LogP contribution < -0.4 is 4.90 Å². The van der Waals surface area contributed by atoms with E-state index >= 15 is 0 Å². The number of hydrogen-bond donors (Lipinski definition) is 0. The number of rotatable bonds is 3. The zero-order valence-corrected chi connectivity index (χ0v) is 14.7. The van der Waals surface area contributed by atoms with Crippen LogP contribution in [0.2, 0.25) is 0 Å². The summed E-state index contributed by atoms with van der Waals surface area (Å²) in [5, 5.41) is 0. The zero-order chi connectivity index (χ0) is 16.8. The molecule has 0 N–H and O–H groups in total. The first-order valence-electron chi connectivity index (χ1n) is 8.28. The third-order valence-electron chi connectivity index (χ3n) is 5.08. The highest BCUT2D eigenvalue weighted by atomic mass is 16.2. The van der Waals surface area contributed by atoms with E-state index in [1.165, 1.54) is 27.8 Å². The minimum Gasteiger partial charge on any atom is -0.314 e. The topological polar surface area (TPSA) is 20.3 Å². The first-order valence-corrected chi connectivity index (χ1v) is 8.28. The van der Waals surface area contributed by atoms with E-state index in [1.807, 2.05) is 11.9 Å². The summed E-state index contributed by atoms with van der Waals surface area (Å²) in [7, 11) is 1.89. The van der Waals surface area contributed by atoms with Crippen molar-refractivity contribution in [1.29, 1.82) is 0 Å². The summed E-state index contributed by atoms with van der Waals surface area (Å²) in [5.41, 5.74) is 6.92. The van der Waals surface area contributed by atoms with Gasteiger partial charge in [0.1, 0.15) is 0 Å². The van der Waals surface area contributed by atoms with Gasteiger partial charge in [-0.1, -0.05) is 47.0 Å². The van der Waals surface area contributed by atoms with Crippen molar-refractivity contribution in [3.05, 3.63) is 64.2 Å². The van der Waals surface area contributed by atoms with Gasteiger partial charge in [0.05, 0.1) is 5.41 Å². The lowest BCUT2D eigenvalue weighted by atomic mass is 9.78. The molecule has 1 aliphatic heterocycles. The van der Waals surface area contributed by atoms with E-state index in [-0.39, 0.29) is 5.91 Å². The molecule has 2 nitrogen and oxygen atoms in total. The summed E-state index contributed by atoms with van der Waals surface area (Å²) in [6.45, 7) is 8.45. The van der Waals surface area contributed by atoms with Gasteiger partial charge in [-0.25, -0.2) is 0 Å². The molecule has 1 atom stereocenters. The number of amides is 1. The fourth-order valence-corrected chi connectivity index (χ4v) is 3.83. The second kappa shape index (κ2) is 5.52. The largest absolute Gasteiger partial charge is 0.314 e. The number of fused-ring (bicyclic) bond motifs is 1. The maximum atomic E-state index is 12.9. The lowest BCUT2D eigenvalue weighted by Gasteiger charge is -2.23. The highest BCUT2D eigenvalue weighted by molar-refractivity contribution is 6.07. The zero-order valence-electron chi connectivity index (χ0n) is 14.7. The van der Waals surface area contributed by atoms with Crippen molar-refractivity contribution in [1.82, 2.24) is 0 Å². The average molecular weight is 307 g/mol. The van der Waals surface area contributed by atoms with Crippen LogP contribution in [0.4, 0.5) is 5.69 Å². The van der Waals surface area contributed by atoms with Gasteiger partial charge in [0.2, 0.25) is 5.91 Å². The van der Waals surface area contributed by atoms with Crippen molar-refractivity contribution in [2.45, 2.75) is 46.0 Å². The van der Waals surface area contributed by atoms with Crippen LogP contribution in [-0.4, -0.2) is 13.0 Å². The molecule has 1 aliphatic rings. The van der Waals surface area contributed by atoms with Crippen LogP contribution >= 0.6 is 0 Å². The molecule has 0 fully saturated rings. The summed E-state index contributed by atoms with van der Waals surface area (Å²) in [6, 6.07) is 13.0. The Kier molecular flexibility index (Phi) is 3.79. The molecule has 0 aromatic heterocycles. The fourth-order valence-electron chi connectivity index (χ4n) is 3.83. The summed E-state index contributed by atoms with van der Waals surface area (Å²) < 4.78 is 0. The summed E-state index contributed by atoms with van der Waals surface area (Å²) in [5.74, 6) is 0.211. The van der Waals surface area contributed by atoms with E-state index in [4.69, 9.17) is 0 Å². The molecule has 23 heavy (non-hydrogen) atoms. The molecule has 0 spiro atoms. The molecule has 0 radical (unpaired) electrons. The number of aryl methyl sites for hydroxylation is 4. The predicted octanol–water partition coefficient (Wildman–Crippen LogP) is 4.48. The van der Waals surface area contributed by atoms with Crippen LogP contribution in [0, 0.1) is 20.8 Å². The Hall–Kier alpha value is -2.09. The van der Waals surface area contributed by atoms with Gasteiger partial charge in [0.15, 0.2) is 0 Å². The second-order valence-corrected chi connectivity index (χ2v) is 7.21. The minimum absolute atomic E-state index is 0.211. The minimum atomic E-state index is -0.423. The molecule has 0 saturated carbocycles. The molecular weight excluding hydrogens is 282 g/mol. The monoisotopic (exact) mass is 307 g/mol. The van der Waals surface area contributed by atoms with E-state index in [1.54, 1.807) is 0 Å². The van der Waals surface area contributed by atoms with Crippen molar-refractivity contribution < 1.29 is 4.79 Å². The number of carbonyl (C=O) groups excluding carboxylic acids is 1. The molecule has 2 aromatic rings. The number of hydrogen-bond acceptors (Lipinski definition) is 1. The normalized spacial score (nSPS) is 20.0.